The third-order valence-corrected chi connectivity index (χ3v) is 4.51. The number of hydrogen-bond acceptors (Lipinski definition) is 5. The Labute approximate surface area is 145 Å². The van der Waals surface area contributed by atoms with Gasteiger partial charge in [-0.15, -0.1) is 0 Å². The number of carboxylic acids is 1. The SMILES string of the molecule is CCCCC(CC)COC(=O)C1CCC(C(=O)O)CC1.OCCO. The van der Waals surface area contributed by atoms with E-state index in [2.05, 4.69) is 13.8 Å². The van der Waals surface area contributed by atoms with Gasteiger partial charge in [-0.3, -0.25) is 9.59 Å². The van der Waals surface area contributed by atoms with Crippen LogP contribution in [0.5, 0.6) is 0 Å². The van der Waals surface area contributed by atoms with Crippen molar-refractivity contribution in [3.05, 3.63) is 0 Å². The highest BCUT2D eigenvalue weighted by Gasteiger charge is 2.30. The number of hydrogen-bond donors (Lipinski definition) is 3. The Bertz CT molecular complexity index is 334. The molecule has 0 aromatic carbocycles. The maximum Gasteiger partial charge on any atom is 0.308 e. The first kappa shape index (κ1) is 22.9. The molecular formula is C18H34O6. The van der Waals surface area contributed by atoms with E-state index in [1.165, 1.54) is 12.8 Å². The van der Waals surface area contributed by atoms with Crippen LogP contribution < -0.4 is 0 Å². The molecule has 1 aliphatic carbocycles. The van der Waals surface area contributed by atoms with Crippen LogP contribution in [0.25, 0.3) is 0 Å². The zero-order valence-corrected chi connectivity index (χ0v) is 15.1. The molecule has 6 nitrogen and oxygen atoms in total. The lowest BCUT2D eigenvalue weighted by atomic mass is 9.82. The number of aliphatic hydroxyl groups is 2. The van der Waals surface area contributed by atoms with Crippen molar-refractivity contribution in [3.63, 3.8) is 0 Å². The Kier molecular flexibility index (Phi) is 13.5. The van der Waals surface area contributed by atoms with E-state index in [1.807, 2.05) is 0 Å². The predicted molar refractivity (Wildman–Crippen MR) is 91.5 cm³/mol. The molecule has 6 heteroatoms. The number of unbranched alkanes of at least 4 members (excludes halogenated alkanes) is 1. The fraction of sp³-hybridized carbons (Fsp3) is 0.889. The molecule has 1 rings (SSSR count). The van der Waals surface area contributed by atoms with E-state index in [-0.39, 0.29) is 31.0 Å². The van der Waals surface area contributed by atoms with Crippen molar-refractivity contribution in [2.24, 2.45) is 17.8 Å². The summed E-state index contributed by atoms with van der Waals surface area (Å²) in [4.78, 5) is 22.9. The van der Waals surface area contributed by atoms with E-state index in [1.54, 1.807) is 0 Å². The van der Waals surface area contributed by atoms with Crippen LogP contribution in [-0.2, 0) is 14.3 Å². The van der Waals surface area contributed by atoms with Gasteiger partial charge in [0.2, 0.25) is 0 Å². The summed E-state index contributed by atoms with van der Waals surface area (Å²) in [6.07, 6.45) is 7.02. The third-order valence-electron chi connectivity index (χ3n) is 4.51. The number of aliphatic hydroxyl groups excluding tert-OH is 2. The second-order valence-corrected chi connectivity index (χ2v) is 6.38. The zero-order valence-electron chi connectivity index (χ0n) is 15.1. The van der Waals surface area contributed by atoms with Crippen molar-refractivity contribution in [1.82, 2.24) is 0 Å². The molecule has 0 bridgehead atoms. The predicted octanol–water partition coefficient (Wildman–Crippen LogP) is 2.61. The molecule has 1 aliphatic rings. The maximum absolute atomic E-state index is 12.0. The Morgan fingerprint density at radius 1 is 1.04 bits per heavy atom. The Hall–Kier alpha value is -1.14. The molecule has 1 fully saturated rings. The number of aliphatic carboxylic acids is 1. The Balaban J connectivity index is 0.00000118. The average molecular weight is 346 g/mol. The molecule has 0 aliphatic heterocycles. The van der Waals surface area contributed by atoms with Gasteiger partial charge in [0.05, 0.1) is 31.7 Å². The molecule has 1 saturated carbocycles. The van der Waals surface area contributed by atoms with Crippen molar-refractivity contribution >= 4 is 11.9 Å². The van der Waals surface area contributed by atoms with Gasteiger partial charge in [0.25, 0.3) is 0 Å². The highest BCUT2D eigenvalue weighted by molar-refractivity contribution is 5.74. The number of ether oxygens (including phenoxy) is 1. The zero-order chi connectivity index (χ0) is 18.4. The van der Waals surface area contributed by atoms with E-state index < -0.39 is 5.97 Å². The first-order chi connectivity index (χ1) is 11.5. The summed E-state index contributed by atoms with van der Waals surface area (Å²) in [5.41, 5.74) is 0. The second kappa shape index (κ2) is 14.2. The minimum Gasteiger partial charge on any atom is -0.481 e. The summed E-state index contributed by atoms with van der Waals surface area (Å²) >= 11 is 0. The van der Waals surface area contributed by atoms with Gasteiger partial charge in [0.15, 0.2) is 0 Å². The van der Waals surface area contributed by atoms with Crippen LogP contribution >= 0.6 is 0 Å². The van der Waals surface area contributed by atoms with Gasteiger partial charge in [0, 0.05) is 0 Å². The fourth-order valence-corrected chi connectivity index (χ4v) is 2.79. The van der Waals surface area contributed by atoms with E-state index in [9.17, 15) is 9.59 Å². The van der Waals surface area contributed by atoms with Gasteiger partial charge in [-0.2, -0.15) is 0 Å². The van der Waals surface area contributed by atoms with Gasteiger partial charge in [0.1, 0.15) is 0 Å². The highest BCUT2D eigenvalue weighted by Crippen LogP contribution is 2.30. The van der Waals surface area contributed by atoms with Crippen LogP contribution in [0.4, 0.5) is 0 Å². The lowest BCUT2D eigenvalue weighted by Crippen LogP contribution is -2.28. The van der Waals surface area contributed by atoms with E-state index in [0.717, 1.165) is 12.8 Å². The third kappa shape index (κ3) is 9.88. The number of rotatable bonds is 9. The van der Waals surface area contributed by atoms with Crippen molar-refractivity contribution in [3.8, 4) is 0 Å². The van der Waals surface area contributed by atoms with Crippen LogP contribution in [0.2, 0.25) is 0 Å². The second-order valence-electron chi connectivity index (χ2n) is 6.38. The van der Waals surface area contributed by atoms with Gasteiger partial charge in [-0.05, 0) is 38.0 Å². The minimum absolute atomic E-state index is 0.0886. The van der Waals surface area contributed by atoms with Gasteiger partial charge in [-0.1, -0.05) is 33.1 Å². The number of carboxylic acid groups (broad SMARTS) is 1. The summed E-state index contributed by atoms with van der Waals surface area (Å²) in [7, 11) is 0. The smallest absolute Gasteiger partial charge is 0.308 e. The van der Waals surface area contributed by atoms with Crippen LogP contribution in [0, 0.1) is 17.8 Å². The van der Waals surface area contributed by atoms with Crippen LogP contribution in [0.15, 0.2) is 0 Å². The summed E-state index contributed by atoms with van der Waals surface area (Å²) < 4.78 is 5.44. The molecule has 3 N–H and O–H groups in total. The maximum atomic E-state index is 12.0. The summed E-state index contributed by atoms with van der Waals surface area (Å²) in [6, 6.07) is 0. The van der Waals surface area contributed by atoms with Crippen molar-refractivity contribution < 1.29 is 29.6 Å². The van der Waals surface area contributed by atoms with E-state index in [4.69, 9.17) is 20.1 Å². The van der Waals surface area contributed by atoms with Crippen molar-refractivity contribution in [1.29, 1.82) is 0 Å². The number of carbonyl (C=O) groups excluding carboxylic acids is 1. The van der Waals surface area contributed by atoms with Gasteiger partial charge in [-0.25, -0.2) is 0 Å². The van der Waals surface area contributed by atoms with Crippen LogP contribution in [-0.4, -0.2) is 47.1 Å². The monoisotopic (exact) mass is 346 g/mol. The lowest BCUT2D eigenvalue weighted by Gasteiger charge is -2.25. The molecule has 0 spiro atoms. The standard InChI is InChI=1S/C16H28O4.C2H6O2/c1-3-5-6-12(4-2)11-20-16(19)14-9-7-13(8-10-14)15(17)18;3-1-2-4/h12-14H,3-11H2,1-2H3,(H,17,18);3-4H,1-2H2. The topological polar surface area (TPSA) is 104 Å². The van der Waals surface area contributed by atoms with Crippen LogP contribution in [0.3, 0.4) is 0 Å². The number of esters is 1. The molecular weight excluding hydrogens is 312 g/mol. The van der Waals surface area contributed by atoms with Crippen molar-refractivity contribution in [2.75, 3.05) is 19.8 Å². The van der Waals surface area contributed by atoms with E-state index >= 15 is 0 Å². The first-order valence-corrected chi connectivity index (χ1v) is 9.11. The van der Waals surface area contributed by atoms with E-state index in [0.29, 0.717) is 38.2 Å². The average Bonchev–Trinajstić information content (AvgIpc) is 2.61. The number of carbonyl (C=O) groups is 2. The molecule has 0 saturated heterocycles. The summed E-state index contributed by atoms with van der Waals surface area (Å²) in [5.74, 6) is -0.748. The summed E-state index contributed by atoms with van der Waals surface area (Å²) in [6.45, 7) is 4.57. The van der Waals surface area contributed by atoms with Crippen molar-refractivity contribution in [2.45, 2.75) is 65.2 Å². The fourth-order valence-electron chi connectivity index (χ4n) is 2.79. The van der Waals surface area contributed by atoms with Crippen LogP contribution in [0.1, 0.15) is 65.2 Å². The Morgan fingerprint density at radius 2 is 1.58 bits per heavy atom. The quantitative estimate of drug-likeness (QED) is 0.554. The molecule has 0 heterocycles. The van der Waals surface area contributed by atoms with Gasteiger partial charge < -0.3 is 20.1 Å². The summed E-state index contributed by atoms with van der Waals surface area (Å²) in [5, 5.41) is 24.2. The highest BCUT2D eigenvalue weighted by atomic mass is 16.5. The molecule has 1 atom stereocenters. The molecule has 1 unspecified atom stereocenters. The largest absolute Gasteiger partial charge is 0.481 e. The molecule has 0 aromatic heterocycles. The normalized spacial score (nSPS) is 21.3. The first-order valence-electron chi connectivity index (χ1n) is 9.11. The molecule has 0 aromatic rings. The minimum atomic E-state index is -0.734. The molecule has 0 radical (unpaired) electrons. The Morgan fingerprint density at radius 3 is 2.00 bits per heavy atom. The molecule has 142 valence electrons. The molecule has 24 heavy (non-hydrogen) atoms. The van der Waals surface area contributed by atoms with Gasteiger partial charge >= 0.3 is 11.9 Å². The molecule has 0 amide bonds. The lowest BCUT2D eigenvalue weighted by molar-refractivity contribution is -0.153.